The van der Waals surface area contributed by atoms with Crippen molar-refractivity contribution in [1.82, 2.24) is 15.5 Å². The second kappa shape index (κ2) is 11.8. The Morgan fingerprint density at radius 2 is 2.15 bits per heavy atom. The summed E-state index contributed by atoms with van der Waals surface area (Å²) in [5.41, 5.74) is 0.950. The maximum atomic E-state index is 13.7. The molecule has 0 aromatic heterocycles. The van der Waals surface area contributed by atoms with Crippen molar-refractivity contribution < 1.29 is 13.9 Å². The van der Waals surface area contributed by atoms with Crippen molar-refractivity contribution in [2.75, 3.05) is 59.7 Å². The van der Waals surface area contributed by atoms with Gasteiger partial charge in [0.25, 0.3) is 0 Å². The molecule has 0 spiro atoms. The fraction of sp³-hybridized carbons (Fsp3) is 0.632. The van der Waals surface area contributed by atoms with E-state index in [9.17, 15) is 4.39 Å². The van der Waals surface area contributed by atoms with Crippen LogP contribution in [0.2, 0.25) is 0 Å². The highest BCUT2D eigenvalue weighted by Crippen LogP contribution is 2.23. The summed E-state index contributed by atoms with van der Waals surface area (Å²) in [6.07, 6.45) is 0.914. The lowest BCUT2D eigenvalue weighted by Gasteiger charge is -2.34. The molecule has 7 heteroatoms. The van der Waals surface area contributed by atoms with E-state index in [1.807, 2.05) is 13.0 Å². The van der Waals surface area contributed by atoms with Crippen LogP contribution in [0, 0.1) is 5.82 Å². The number of aliphatic imine (C=N–C) groups is 1. The van der Waals surface area contributed by atoms with Crippen LogP contribution in [0.1, 0.15) is 24.9 Å². The van der Waals surface area contributed by atoms with Crippen LogP contribution in [0.5, 0.6) is 0 Å². The van der Waals surface area contributed by atoms with Crippen molar-refractivity contribution >= 4 is 5.96 Å². The van der Waals surface area contributed by atoms with Gasteiger partial charge in [0.15, 0.2) is 5.96 Å². The standard InChI is InChI=1S/C19H31FN4O2/c1-3-21-19(22-8-5-11-25-2)23-15-18(24-9-12-26-13-10-24)16-6-4-7-17(20)14-16/h4,6-7,14,18H,3,5,8-13,15H2,1-2H3,(H2,21,22,23). The topological polar surface area (TPSA) is 58.1 Å². The van der Waals surface area contributed by atoms with E-state index >= 15 is 0 Å². The lowest BCUT2D eigenvalue weighted by molar-refractivity contribution is 0.0179. The summed E-state index contributed by atoms with van der Waals surface area (Å²) in [5, 5.41) is 6.58. The van der Waals surface area contributed by atoms with Gasteiger partial charge in [0, 0.05) is 39.9 Å². The number of nitrogens with zero attached hydrogens (tertiary/aromatic N) is 2. The molecule has 0 bridgehead atoms. The van der Waals surface area contributed by atoms with Gasteiger partial charge in [-0.2, -0.15) is 0 Å². The number of halogens is 1. The minimum Gasteiger partial charge on any atom is -0.385 e. The van der Waals surface area contributed by atoms with Gasteiger partial charge in [0.05, 0.1) is 25.8 Å². The SMILES string of the molecule is CCNC(=NCC(c1cccc(F)c1)N1CCOCC1)NCCCOC. The Morgan fingerprint density at radius 3 is 2.85 bits per heavy atom. The molecule has 0 saturated carbocycles. The van der Waals surface area contributed by atoms with E-state index in [1.54, 1.807) is 19.2 Å². The first-order chi connectivity index (χ1) is 12.7. The molecule has 1 aromatic carbocycles. The van der Waals surface area contributed by atoms with Gasteiger partial charge >= 0.3 is 0 Å². The second-order valence-corrected chi connectivity index (χ2v) is 6.21. The highest BCUT2D eigenvalue weighted by Gasteiger charge is 2.23. The quantitative estimate of drug-likeness (QED) is 0.396. The number of hydrogen-bond acceptors (Lipinski definition) is 4. The van der Waals surface area contributed by atoms with Crippen LogP contribution in [-0.4, -0.2) is 70.5 Å². The summed E-state index contributed by atoms with van der Waals surface area (Å²) in [6.45, 7) is 7.95. The first kappa shape index (κ1) is 20.6. The monoisotopic (exact) mass is 366 g/mol. The molecule has 2 N–H and O–H groups in total. The zero-order chi connectivity index (χ0) is 18.6. The largest absolute Gasteiger partial charge is 0.385 e. The molecule has 2 rings (SSSR count). The summed E-state index contributed by atoms with van der Waals surface area (Å²) in [5.74, 6) is 0.563. The molecule has 0 aliphatic carbocycles. The molecule has 1 aromatic rings. The molecular formula is C19H31FN4O2. The molecule has 146 valence electrons. The average Bonchev–Trinajstić information content (AvgIpc) is 2.66. The maximum Gasteiger partial charge on any atom is 0.191 e. The number of hydrogen-bond donors (Lipinski definition) is 2. The smallest absolute Gasteiger partial charge is 0.191 e. The van der Waals surface area contributed by atoms with Crippen LogP contribution in [0.3, 0.4) is 0 Å². The number of ether oxygens (including phenoxy) is 2. The minimum atomic E-state index is -0.214. The molecule has 1 unspecified atom stereocenters. The van der Waals surface area contributed by atoms with Crippen LogP contribution >= 0.6 is 0 Å². The highest BCUT2D eigenvalue weighted by molar-refractivity contribution is 5.79. The van der Waals surface area contributed by atoms with Crippen LogP contribution in [0.25, 0.3) is 0 Å². The van der Waals surface area contributed by atoms with Crippen LogP contribution in [0.4, 0.5) is 4.39 Å². The number of methoxy groups -OCH3 is 1. The molecule has 0 radical (unpaired) electrons. The Balaban J connectivity index is 2.07. The summed E-state index contributed by atoms with van der Waals surface area (Å²) < 4.78 is 24.3. The van der Waals surface area contributed by atoms with E-state index in [0.717, 1.165) is 44.1 Å². The minimum absolute atomic E-state index is 0.0315. The third-order valence-electron chi connectivity index (χ3n) is 4.30. The van der Waals surface area contributed by atoms with Crippen molar-refractivity contribution in [3.63, 3.8) is 0 Å². The van der Waals surface area contributed by atoms with Crippen molar-refractivity contribution in [1.29, 1.82) is 0 Å². The molecule has 1 atom stereocenters. The van der Waals surface area contributed by atoms with Gasteiger partial charge in [-0.15, -0.1) is 0 Å². The number of rotatable bonds is 9. The Kier molecular flexibility index (Phi) is 9.38. The lowest BCUT2D eigenvalue weighted by atomic mass is 10.0. The van der Waals surface area contributed by atoms with Gasteiger partial charge in [-0.05, 0) is 31.0 Å². The van der Waals surface area contributed by atoms with E-state index in [1.165, 1.54) is 6.07 Å². The molecular weight excluding hydrogens is 335 g/mol. The summed E-state index contributed by atoms with van der Waals surface area (Å²) >= 11 is 0. The van der Waals surface area contributed by atoms with Crippen molar-refractivity contribution in [2.45, 2.75) is 19.4 Å². The van der Waals surface area contributed by atoms with Crippen LogP contribution < -0.4 is 10.6 Å². The molecule has 1 fully saturated rings. The molecule has 1 aliphatic heterocycles. The summed E-state index contributed by atoms with van der Waals surface area (Å²) in [4.78, 5) is 7.06. The van der Waals surface area contributed by atoms with Crippen molar-refractivity contribution in [3.8, 4) is 0 Å². The number of morpholine rings is 1. The average molecular weight is 366 g/mol. The van der Waals surface area contributed by atoms with E-state index in [-0.39, 0.29) is 11.9 Å². The van der Waals surface area contributed by atoms with Crippen molar-refractivity contribution in [3.05, 3.63) is 35.6 Å². The first-order valence-electron chi connectivity index (χ1n) is 9.33. The first-order valence-corrected chi connectivity index (χ1v) is 9.33. The molecule has 26 heavy (non-hydrogen) atoms. The molecule has 6 nitrogen and oxygen atoms in total. The summed E-state index contributed by atoms with van der Waals surface area (Å²) in [6, 6.07) is 6.84. The van der Waals surface area contributed by atoms with Gasteiger partial charge < -0.3 is 20.1 Å². The third-order valence-corrected chi connectivity index (χ3v) is 4.30. The number of nitrogens with one attached hydrogen (secondary N) is 2. The molecule has 1 heterocycles. The Bertz CT molecular complexity index is 550. The Labute approximate surface area is 155 Å². The summed E-state index contributed by atoms with van der Waals surface area (Å²) in [7, 11) is 1.70. The third kappa shape index (κ3) is 6.90. The maximum absolute atomic E-state index is 13.7. The highest BCUT2D eigenvalue weighted by atomic mass is 19.1. The zero-order valence-electron chi connectivity index (χ0n) is 15.8. The fourth-order valence-corrected chi connectivity index (χ4v) is 2.98. The normalized spacial score (nSPS) is 17.1. The van der Waals surface area contributed by atoms with Gasteiger partial charge in [0.2, 0.25) is 0 Å². The van der Waals surface area contributed by atoms with E-state index in [0.29, 0.717) is 26.4 Å². The van der Waals surface area contributed by atoms with E-state index in [4.69, 9.17) is 14.5 Å². The predicted octanol–water partition coefficient (Wildman–Crippen LogP) is 1.79. The number of guanidine groups is 1. The van der Waals surface area contributed by atoms with Gasteiger partial charge in [-0.1, -0.05) is 12.1 Å². The Hall–Kier alpha value is -1.70. The van der Waals surface area contributed by atoms with E-state index < -0.39 is 0 Å². The molecule has 1 aliphatic rings. The second-order valence-electron chi connectivity index (χ2n) is 6.21. The fourth-order valence-electron chi connectivity index (χ4n) is 2.98. The molecule has 1 saturated heterocycles. The van der Waals surface area contributed by atoms with Gasteiger partial charge in [-0.25, -0.2) is 4.39 Å². The lowest BCUT2D eigenvalue weighted by Crippen LogP contribution is -2.42. The Morgan fingerprint density at radius 1 is 1.35 bits per heavy atom. The van der Waals surface area contributed by atoms with Crippen molar-refractivity contribution in [2.24, 2.45) is 4.99 Å². The predicted molar refractivity (Wildman–Crippen MR) is 102 cm³/mol. The van der Waals surface area contributed by atoms with E-state index in [2.05, 4.69) is 15.5 Å². The van der Waals surface area contributed by atoms with Gasteiger partial charge in [0.1, 0.15) is 5.82 Å². The molecule has 0 amide bonds. The number of benzene rings is 1. The van der Waals surface area contributed by atoms with Crippen LogP contribution in [0.15, 0.2) is 29.3 Å². The van der Waals surface area contributed by atoms with Gasteiger partial charge in [-0.3, -0.25) is 9.89 Å². The van der Waals surface area contributed by atoms with Crippen LogP contribution in [-0.2, 0) is 9.47 Å². The zero-order valence-corrected chi connectivity index (χ0v) is 15.8.